The first-order chi connectivity index (χ1) is 15.0. The number of para-hydroxylation sites is 2. The summed E-state index contributed by atoms with van der Waals surface area (Å²) in [4.78, 5) is 15.2. The van der Waals surface area contributed by atoms with Gasteiger partial charge >= 0.3 is 0 Å². The molecule has 9 heteroatoms. The standard InChI is InChI=1S/C22H26ClN3O4S/c23-18-9-8-17(16-21(18)31(28,29)26-12-14-30-15-13-26)22(27)24-19-6-2-3-7-20(19)25-10-4-1-5-11-25/h2-3,6-9,16H,1,4-5,10-15H2,(H,24,27). The number of nitrogens with zero attached hydrogens (tertiary/aromatic N) is 2. The zero-order valence-corrected chi connectivity index (χ0v) is 18.8. The van der Waals surface area contributed by atoms with Gasteiger partial charge in [0.25, 0.3) is 5.91 Å². The van der Waals surface area contributed by atoms with Crippen LogP contribution in [0.3, 0.4) is 0 Å². The average molecular weight is 464 g/mol. The number of amides is 1. The predicted molar refractivity (Wildman–Crippen MR) is 121 cm³/mol. The summed E-state index contributed by atoms with van der Waals surface area (Å²) in [7, 11) is -3.81. The van der Waals surface area contributed by atoms with Gasteiger partial charge < -0.3 is 15.0 Å². The SMILES string of the molecule is O=C(Nc1ccccc1N1CCCCC1)c1ccc(Cl)c(S(=O)(=O)N2CCOCC2)c1. The lowest BCUT2D eigenvalue weighted by Gasteiger charge is -2.30. The van der Waals surface area contributed by atoms with E-state index in [0.717, 1.165) is 31.6 Å². The summed E-state index contributed by atoms with van der Waals surface area (Å²) in [6, 6.07) is 12.0. The van der Waals surface area contributed by atoms with Crippen molar-refractivity contribution in [2.24, 2.45) is 0 Å². The van der Waals surface area contributed by atoms with Gasteiger partial charge in [0.15, 0.2) is 0 Å². The number of morpholine rings is 1. The summed E-state index contributed by atoms with van der Waals surface area (Å²) in [5.74, 6) is -0.375. The molecule has 2 fully saturated rings. The molecule has 0 spiro atoms. The molecule has 2 aliphatic rings. The Morgan fingerprint density at radius 2 is 1.68 bits per heavy atom. The molecule has 2 heterocycles. The largest absolute Gasteiger partial charge is 0.379 e. The van der Waals surface area contributed by atoms with Crippen LogP contribution in [0.15, 0.2) is 47.4 Å². The lowest BCUT2D eigenvalue weighted by atomic mass is 10.1. The molecule has 2 saturated heterocycles. The second-order valence-electron chi connectivity index (χ2n) is 7.68. The van der Waals surface area contributed by atoms with Crippen molar-refractivity contribution < 1.29 is 17.9 Å². The van der Waals surface area contributed by atoms with E-state index in [-0.39, 0.29) is 34.5 Å². The topological polar surface area (TPSA) is 79.0 Å². The molecule has 0 bridgehead atoms. The van der Waals surface area contributed by atoms with Crippen molar-refractivity contribution in [3.8, 4) is 0 Å². The Hall–Kier alpha value is -2.13. The Morgan fingerprint density at radius 3 is 2.42 bits per heavy atom. The fourth-order valence-electron chi connectivity index (χ4n) is 3.95. The van der Waals surface area contributed by atoms with Gasteiger partial charge in [-0.25, -0.2) is 8.42 Å². The number of hydrogen-bond acceptors (Lipinski definition) is 5. The Labute approximate surface area is 188 Å². The number of carbonyl (C=O) groups excluding carboxylic acids is 1. The lowest BCUT2D eigenvalue weighted by molar-refractivity contribution is 0.0730. The first-order valence-corrected chi connectivity index (χ1v) is 12.3. The Bertz CT molecular complexity index is 1050. The van der Waals surface area contributed by atoms with Gasteiger partial charge in [0, 0.05) is 31.7 Å². The van der Waals surface area contributed by atoms with Gasteiger partial charge in [0.05, 0.1) is 29.6 Å². The molecule has 166 valence electrons. The number of halogens is 1. The third-order valence-corrected chi connectivity index (χ3v) is 8.01. The highest BCUT2D eigenvalue weighted by Gasteiger charge is 2.29. The highest BCUT2D eigenvalue weighted by atomic mass is 35.5. The Kier molecular flexibility index (Phi) is 6.81. The van der Waals surface area contributed by atoms with Gasteiger partial charge in [-0.3, -0.25) is 4.79 Å². The average Bonchev–Trinajstić information content (AvgIpc) is 2.80. The van der Waals surface area contributed by atoms with Gasteiger partial charge in [0.2, 0.25) is 10.0 Å². The zero-order chi connectivity index (χ0) is 21.8. The minimum atomic E-state index is -3.81. The van der Waals surface area contributed by atoms with E-state index in [1.807, 2.05) is 24.3 Å². The molecule has 0 saturated carbocycles. The number of nitrogens with one attached hydrogen (secondary N) is 1. The number of carbonyl (C=O) groups is 1. The zero-order valence-electron chi connectivity index (χ0n) is 17.2. The molecule has 1 amide bonds. The summed E-state index contributed by atoms with van der Waals surface area (Å²) in [6.07, 6.45) is 3.47. The molecule has 4 rings (SSSR count). The predicted octanol–water partition coefficient (Wildman–Crippen LogP) is 3.60. The molecular weight excluding hydrogens is 438 g/mol. The number of benzene rings is 2. The highest BCUT2D eigenvalue weighted by Crippen LogP contribution is 2.30. The van der Waals surface area contributed by atoms with Crippen LogP contribution < -0.4 is 10.2 Å². The molecule has 7 nitrogen and oxygen atoms in total. The van der Waals surface area contributed by atoms with E-state index in [9.17, 15) is 13.2 Å². The number of sulfonamides is 1. The van der Waals surface area contributed by atoms with Crippen molar-refractivity contribution in [2.45, 2.75) is 24.2 Å². The molecule has 2 aliphatic heterocycles. The van der Waals surface area contributed by atoms with Crippen LogP contribution in [0.4, 0.5) is 11.4 Å². The van der Waals surface area contributed by atoms with Gasteiger partial charge in [-0.05, 0) is 49.6 Å². The summed E-state index contributed by atoms with van der Waals surface area (Å²) >= 11 is 6.22. The summed E-state index contributed by atoms with van der Waals surface area (Å²) < 4.78 is 32.7. The molecule has 0 aromatic heterocycles. The van der Waals surface area contributed by atoms with Crippen molar-refractivity contribution in [3.05, 3.63) is 53.1 Å². The third-order valence-electron chi connectivity index (χ3n) is 5.63. The number of rotatable bonds is 5. The molecular formula is C22H26ClN3O4S. The van der Waals surface area contributed by atoms with Crippen molar-refractivity contribution in [2.75, 3.05) is 49.6 Å². The maximum Gasteiger partial charge on any atom is 0.255 e. The fourth-order valence-corrected chi connectivity index (χ4v) is 5.86. The van der Waals surface area contributed by atoms with Crippen molar-refractivity contribution in [1.29, 1.82) is 0 Å². The van der Waals surface area contributed by atoms with Crippen LogP contribution in [-0.4, -0.2) is 58.0 Å². The van der Waals surface area contributed by atoms with Gasteiger partial charge in [0.1, 0.15) is 4.90 Å². The quantitative estimate of drug-likeness (QED) is 0.732. The van der Waals surface area contributed by atoms with Crippen molar-refractivity contribution in [3.63, 3.8) is 0 Å². The molecule has 31 heavy (non-hydrogen) atoms. The van der Waals surface area contributed by atoms with Crippen LogP contribution in [0, 0.1) is 0 Å². The lowest BCUT2D eigenvalue weighted by Crippen LogP contribution is -2.40. The maximum atomic E-state index is 13.0. The van der Waals surface area contributed by atoms with Crippen LogP contribution >= 0.6 is 11.6 Å². The molecule has 0 atom stereocenters. The normalized spacial score (nSPS) is 18.0. The van der Waals surface area contributed by atoms with E-state index in [1.54, 1.807) is 6.07 Å². The maximum absolute atomic E-state index is 13.0. The summed E-state index contributed by atoms with van der Waals surface area (Å²) in [6.45, 7) is 3.11. The van der Waals surface area contributed by atoms with E-state index in [4.69, 9.17) is 16.3 Å². The smallest absolute Gasteiger partial charge is 0.255 e. The van der Waals surface area contributed by atoms with E-state index in [0.29, 0.717) is 18.9 Å². The molecule has 2 aromatic rings. The Balaban J connectivity index is 1.58. The second kappa shape index (κ2) is 9.56. The van der Waals surface area contributed by atoms with Gasteiger partial charge in [-0.2, -0.15) is 4.31 Å². The monoisotopic (exact) mass is 463 g/mol. The van der Waals surface area contributed by atoms with Gasteiger partial charge in [-0.1, -0.05) is 23.7 Å². The minimum Gasteiger partial charge on any atom is -0.379 e. The second-order valence-corrected chi connectivity index (χ2v) is 9.99. The summed E-state index contributed by atoms with van der Waals surface area (Å²) in [5.41, 5.74) is 1.93. The van der Waals surface area contributed by atoms with Crippen LogP contribution in [0.25, 0.3) is 0 Å². The van der Waals surface area contributed by atoms with E-state index < -0.39 is 10.0 Å². The number of hydrogen-bond donors (Lipinski definition) is 1. The van der Waals surface area contributed by atoms with E-state index >= 15 is 0 Å². The van der Waals surface area contributed by atoms with Gasteiger partial charge in [-0.15, -0.1) is 0 Å². The molecule has 2 aromatic carbocycles. The fraction of sp³-hybridized carbons (Fsp3) is 0.409. The summed E-state index contributed by atoms with van der Waals surface area (Å²) in [5, 5.41) is 3.04. The number of piperidine rings is 1. The molecule has 0 unspecified atom stereocenters. The molecule has 1 N–H and O–H groups in total. The minimum absolute atomic E-state index is 0.0620. The van der Waals surface area contributed by atoms with Crippen LogP contribution in [0.2, 0.25) is 5.02 Å². The molecule has 0 radical (unpaired) electrons. The highest BCUT2D eigenvalue weighted by molar-refractivity contribution is 7.89. The first-order valence-electron chi connectivity index (χ1n) is 10.5. The van der Waals surface area contributed by atoms with E-state index in [1.165, 1.54) is 22.9 Å². The van der Waals surface area contributed by atoms with Crippen LogP contribution in [0.1, 0.15) is 29.6 Å². The molecule has 0 aliphatic carbocycles. The number of anilines is 2. The van der Waals surface area contributed by atoms with Crippen LogP contribution in [-0.2, 0) is 14.8 Å². The Morgan fingerprint density at radius 1 is 0.968 bits per heavy atom. The van der Waals surface area contributed by atoms with Crippen molar-refractivity contribution in [1.82, 2.24) is 4.31 Å². The third kappa shape index (κ3) is 4.87. The van der Waals surface area contributed by atoms with Crippen molar-refractivity contribution >= 4 is 38.9 Å². The first kappa shape index (κ1) is 22.1. The van der Waals surface area contributed by atoms with Crippen LogP contribution in [0.5, 0.6) is 0 Å². The van der Waals surface area contributed by atoms with E-state index in [2.05, 4.69) is 10.2 Å². The number of ether oxygens (including phenoxy) is 1.